The maximum absolute atomic E-state index is 13.0. The summed E-state index contributed by atoms with van der Waals surface area (Å²) >= 11 is 0. The Balaban J connectivity index is 2.00. The Morgan fingerprint density at radius 2 is 1.59 bits per heavy atom. The van der Waals surface area contributed by atoms with Crippen molar-refractivity contribution in [3.05, 3.63) is 71.0 Å². The van der Waals surface area contributed by atoms with E-state index in [4.69, 9.17) is 0 Å². The average molecular weight is 414 g/mol. The van der Waals surface area contributed by atoms with Crippen LogP contribution in [-0.2, 0) is 12.4 Å². The lowest BCUT2D eigenvalue weighted by Crippen LogP contribution is -2.18. The highest BCUT2D eigenvalue weighted by Crippen LogP contribution is 2.36. The number of anilines is 1. The molecule has 0 radical (unpaired) electrons. The second-order valence-corrected chi connectivity index (χ2v) is 6.02. The van der Waals surface area contributed by atoms with Gasteiger partial charge < -0.3 is 5.32 Å². The summed E-state index contributed by atoms with van der Waals surface area (Å²) in [7, 11) is 0. The van der Waals surface area contributed by atoms with E-state index in [9.17, 15) is 31.1 Å². The first kappa shape index (κ1) is 20.4. The molecule has 3 rings (SSSR count). The molecule has 0 bridgehead atoms. The van der Waals surface area contributed by atoms with Gasteiger partial charge in [-0.2, -0.15) is 36.1 Å². The summed E-state index contributed by atoms with van der Waals surface area (Å²) in [5.41, 5.74) is -3.50. The third-order valence-corrected chi connectivity index (χ3v) is 3.79. The van der Waals surface area contributed by atoms with E-state index in [1.807, 2.05) is 0 Å². The first-order chi connectivity index (χ1) is 13.4. The van der Waals surface area contributed by atoms with E-state index in [2.05, 4.69) is 15.4 Å². The molecular weight excluding hydrogens is 402 g/mol. The van der Waals surface area contributed by atoms with Crippen LogP contribution in [0.25, 0.3) is 5.82 Å². The highest BCUT2D eigenvalue weighted by Gasteiger charge is 2.37. The monoisotopic (exact) mass is 414 g/mol. The van der Waals surface area contributed by atoms with Gasteiger partial charge in [-0.3, -0.25) is 4.79 Å². The van der Waals surface area contributed by atoms with Gasteiger partial charge in [0, 0.05) is 17.8 Å². The largest absolute Gasteiger partial charge is 0.416 e. The number of aryl methyl sites for hydroxylation is 1. The van der Waals surface area contributed by atoms with Crippen molar-refractivity contribution in [1.29, 1.82) is 0 Å². The molecule has 0 aliphatic carbocycles. The molecule has 0 unspecified atom stereocenters. The number of alkyl halides is 6. The molecule has 152 valence electrons. The maximum Gasteiger partial charge on any atom is 0.416 e. The molecule has 3 aromatic rings. The van der Waals surface area contributed by atoms with E-state index in [1.54, 1.807) is 25.1 Å². The van der Waals surface area contributed by atoms with Crippen molar-refractivity contribution >= 4 is 11.7 Å². The molecular formula is C18H12F6N4O. The quantitative estimate of drug-likeness (QED) is 0.623. The first-order valence-corrected chi connectivity index (χ1v) is 8.04. The zero-order valence-corrected chi connectivity index (χ0v) is 14.6. The number of rotatable bonds is 3. The average Bonchev–Trinajstić information content (AvgIpc) is 3.00. The molecule has 0 spiro atoms. The van der Waals surface area contributed by atoms with Crippen molar-refractivity contribution in [2.24, 2.45) is 0 Å². The second kappa shape index (κ2) is 7.22. The molecule has 0 saturated heterocycles. The molecule has 1 N–H and O–H groups in total. The number of pyridine rings is 1. The zero-order valence-electron chi connectivity index (χ0n) is 14.6. The van der Waals surface area contributed by atoms with Crippen molar-refractivity contribution in [1.82, 2.24) is 14.8 Å². The minimum absolute atomic E-state index is 0.0390. The third kappa shape index (κ3) is 4.55. The number of halogens is 6. The highest BCUT2D eigenvalue weighted by atomic mass is 19.4. The molecule has 0 aliphatic heterocycles. The fourth-order valence-electron chi connectivity index (χ4n) is 2.52. The van der Waals surface area contributed by atoms with Crippen LogP contribution in [0.2, 0.25) is 0 Å². The number of carbonyl (C=O) groups excluding carboxylic acids is 1. The SMILES string of the molecule is Cc1cc(NC(=O)c2cc(C(F)(F)F)cc(C(F)(F)F)c2)n(-c2ccccn2)n1. The Morgan fingerprint density at radius 3 is 2.10 bits per heavy atom. The van der Waals surface area contributed by atoms with Crippen LogP contribution in [0.5, 0.6) is 0 Å². The first-order valence-electron chi connectivity index (χ1n) is 8.04. The minimum atomic E-state index is -5.05. The Morgan fingerprint density at radius 1 is 0.966 bits per heavy atom. The molecule has 0 saturated carbocycles. The zero-order chi connectivity index (χ0) is 21.4. The van der Waals surface area contributed by atoms with Crippen LogP contribution < -0.4 is 5.32 Å². The van der Waals surface area contributed by atoms with Crippen molar-refractivity contribution in [3.8, 4) is 5.82 Å². The number of amides is 1. The van der Waals surface area contributed by atoms with Gasteiger partial charge in [0.05, 0.1) is 16.8 Å². The van der Waals surface area contributed by atoms with Crippen molar-refractivity contribution in [2.45, 2.75) is 19.3 Å². The van der Waals surface area contributed by atoms with Gasteiger partial charge in [0.25, 0.3) is 5.91 Å². The number of carbonyl (C=O) groups is 1. The highest BCUT2D eigenvalue weighted by molar-refractivity contribution is 6.04. The normalized spacial score (nSPS) is 12.1. The van der Waals surface area contributed by atoms with Crippen LogP contribution in [0.3, 0.4) is 0 Å². The van der Waals surface area contributed by atoms with Gasteiger partial charge in [0.2, 0.25) is 0 Å². The standard InChI is InChI=1S/C18H12F6N4O/c1-10-6-15(28(27-10)14-4-2-3-5-25-14)26-16(29)11-7-12(17(19,20)21)9-13(8-11)18(22,23)24/h2-9H,1H3,(H,26,29). The molecule has 0 atom stereocenters. The van der Waals surface area contributed by atoms with Gasteiger partial charge in [0.1, 0.15) is 5.82 Å². The Kier molecular flexibility index (Phi) is 5.07. The fourth-order valence-corrected chi connectivity index (χ4v) is 2.52. The van der Waals surface area contributed by atoms with Crippen LogP contribution in [0.15, 0.2) is 48.7 Å². The topological polar surface area (TPSA) is 59.8 Å². The summed E-state index contributed by atoms with van der Waals surface area (Å²) in [5.74, 6) is -0.813. The van der Waals surface area contributed by atoms with Crippen LogP contribution in [0.1, 0.15) is 27.2 Å². The van der Waals surface area contributed by atoms with Gasteiger partial charge in [-0.15, -0.1) is 0 Å². The van der Waals surface area contributed by atoms with Crippen LogP contribution in [0, 0.1) is 6.92 Å². The van der Waals surface area contributed by atoms with Crippen molar-refractivity contribution in [2.75, 3.05) is 5.32 Å². The number of hydrogen-bond donors (Lipinski definition) is 1. The van der Waals surface area contributed by atoms with E-state index in [-0.39, 0.29) is 11.9 Å². The van der Waals surface area contributed by atoms with E-state index in [1.165, 1.54) is 16.9 Å². The summed E-state index contributed by atoms with van der Waals surface area (Å²) in [5, 5.41) is 6.41. The Labute approximate surface area is 160 Å². The lowest BCUT2D eigenvalue weighted by molar-refractivity contribution is -0.143. The Hall–Kier alpha value is -3.37. The second-order valence-electron chi connectivity index (χ2n) is 6.02. The van der Waals surface area contributed by atoms with Gasteiger partial charge in [0.15, 0.2) is 5.82 Å². The molecule has 5 nitrogen and oxygen atoms in total. The minimum Gasteiger partial charge on any atom is -0.306 e. The summed E-state index contributed by atoms with van der Waals surface area (Å²) in [6.07, 6.45) is -8.65. The summed E-state index contributed by atoms with van der Waals surface area (Å²) in [6.45, 7) is 1.60. The lowest BCUT2D eigenvalue weighted by Gasteiger charge is -2.14. The molecule has 1 aromatic carbocycles. The molecule has 2 aromatic heterocycles. The summed E-state index contributed by atoms with van der Waals surface area (Å²) in [6, 6.07) is 6.93. The van der Waals surface area contributed by atoms with Crippen molar-refractivity contribution < 1.29 is 31.1 Å². The fraction of sp³-hybridized carbons (Fsp3) is 0.167. The van der Waals surface area contributed by atoms with E-state index in [0.717, 1.165) is 0 Å². The van der Waals surface area contributed by atoms with Gasteiger partial charge in [-0.1, -0.05) is 6.07 Å². The number of nitrogens with zero attached hydrogens (tertiary/aromatic N) is 3. The number of nitrogens with one attached hydrogen (secondary N) is 1. The van der Waals surface area contributed by atoms with E-state index in [0.29, 0.717) is 23.6 Å². The maximum atomic E-state index is 13.0. The predicted octanol–water partition coefficient (Wildman–Crippen LogP) is 4.87. The molecule has 1 amide bonds. The van der Waals surface area contributed by atoms with Gasteiger partial charge in [-0.25, -0.2) is 4.98 Å². The van der Waals surface area contributed by atoms with Crippen LogP contribution in [0.4, 0.5) is 32.2 Å². The third-order valence-electron chi connectivity index (χ3n) is 3.79. The van der Waals surface area contributed by atoms with E-state index >= 15 is 0 Å². The molecule has 11 heteroatoms. The van der Waals surface area contributed by atoms with Crippen molar-refractivity contribution in [3.63, 3.8) is 0 Å². The molecule has 0 aliphatic rings. The molecule has 2 heterocycles. The molecule has 0 fully saturated rings. The number of aromatic nitrogens is 3. The summed E-state index contributed by atoms with van der Waals surface area (Å²) < 4.78 is 79.2. The van der Waals surface area contributed by atoms with E-state index < -0.39 is 35.0 Å². The predicted molar refractivity (Wildman–Crippen MR) is 90.5 cm³/mol. The van der Waals surface area contributed by atoms with Gasteiger partial charge >= 0.3 is 12.4 Å². The molecule has 29 heavy (non-hydrogen) atoms. The Bertz CT molecular complexity index is 1010. The number of benzene rings is 1. The lowest BCUT2D eigenvalue weighted by atomic mass is 10.0. The van der Waals surface area contributed by atoms with Gasteiger partial charge in [-0.05, 0) is 37.3 Å². The number of hydrogen-bond acceptors (Lipinski definition) is 3. The van der Waals surface area contributed by atoms with Crippen LogP contribution in [-0.4, -0.2) is 20.7 Å². The van der Waals surface area contributed by atoms with Crippen LogP contribution >= 0.6 is 0 Å². The smallest absolute Gasteiger partial charge is 0.306 e. The summed E-state index contributed by atoms with van der Waals surface area (Å²) in [4.78, 5) is 16.5.